The van der Waals surface area contributed by atoms with Crippen LogP contribution in [0.2, 0.25) is 0 Å². The molecule has 1 atom stereocenters. The largest absolute Gasteiger partial charge is 0.408 e. The van der Waals surface area contributed by atoms with Crippen LogP contribution in [-0.2, 0) is 0 Å². The molecule has 5 heteroatoms. The normalized spacial score (nSPS) is 17.5. The van der Waals surface area contributed by atoms with Gasteiger partial charge in [-0.15, -0.1) is 0 Å². The van der Waals surface area contributed by atoms with Gasteiger partial charge in [-0.2, -0.15) is 13.2 Å². The predicted octanol–water partition coefficient (Wildman–Crippen LogP) is 1.43. The average Bonchev–Trinajstić information content (AvgIpc) is 1.98. The second kappa shape index (κ2) is 4.09. The fourth-order valence-corrected chi connectivity index (χ4v) is 0.803. The first-order chi connectivity index (χ1) is 5.37. The topological polar surface area (TPSA) is 46.2 Å². The van der Waals surface area contributed by atoms with Crippen molar-refractivity contribution < 1.29 is 18.3 Å². The maximum absolute atomic E-state index is 12.1. The van der Waals surface area contributed by atoms with Gasteiger partial charge in [-0.3, -0.25) is 0 Å². The molecule has 0 aromatic carbocycles. The number of hydrogen-bond donors (Lipinski definition) is 2. The van der Waals surface area contributed by atoms with E-state index in [1.54, 1.807) is 6.92 Å². The van der Waals surface area contributed by atoms with Gasteiger partial charge in [0.25, 0.3) is 0 Å². The molecule has 1 unspecified atom stereocenters. The summed E-state index contributed by atoms with van der Waals surface area (Å²) >= 11 is 0. The van der Waals surface area contributed by atoms with Crippen LogP contribution < -0.4 is 5.73 Å². The van der Waals surface area contributed by atoms with E-state index < -0.39 is 18.3 Å². The molecule has 0 aliphatic heterocycles. The maximum atomic E-state index is 12.1. The molecular weight excluding hydrogens is 171 g/mol. The van der Waals surface area contributed by atoms with E-state index in [2.05, 4.69) is 0 Å². The third-order valence-electron chi connectivity index (χ3n) is 1.82. The zero-order valence-electron chi connectivity index (χ0n) is 6.99. The van der Waals surface area contributed by atoms with E-state index in [4.69, 9.17) is 10.8 Å². The number of unbranched alkanes of at least 4 members (excludes halogenated alkanes) is 1. The zero-order chi connectivity index (χ0) is 9.83. The molecule has 12 heavy (non-hydrogen) atoms. The lowest BCUT2D eigenvalue weighted by Crippen LogP contribution is -2.56. The van der Waals surface area contributed by atoms with Crippen molar-refractivity contribution in [3.63, 3.8) is 0 Å². The second-order valence-corrected chi connectivity index (χ2v) is 2.92. The Morgan fingerprint density at radius 3 is 2.08 bits per heavy atom. The van der Waals surface area contributed by atoms with Crippen molar-refractivity contribution in [2.24, 2.45) is 5.73 Å². The van der Waals surface area contributed by atoms with E-state index in [1.807, 2.05) is 0 Å². The monoisotopic (exact) mass is 185 g/mol. The summed E-state index contributed by atoms with van der Waals surface area (Å²) in [6, 6.07) is 0. The summed E-state index contributed by atoms with van der Waals surface area (Å²) in [7, 11) is 0. The Kier molecular flexibility index (Phi) is 3.99. The molecule has 0 aliphatic carbocycles. The Balaban J connectivity index is 4.24. The van der Waals surface area contributed by atoms with E-state index in [-0.39, 0.29) is 6.42 Å². The molecular formula is C7H14F3NO. The first kappa shape index (κ1) is 11.7. The van der Waals surface area contributed by atoms with Crippen LogP contribution in [-0.4, -0.2) is 23.4 Å². The Morgan fingerprint density at radius 1 is 1.33 bits per heavy atom. The third kappa shape index (κ3) is 2.64. The van der Waals surface area contributed by atoms with Gasteiger partial charge in [0.2, 0.25) is 0 Å². The van der Waals surface area contributed by atoms with Gasteiger partial charge in [0.15, 0.2) is 0 Å². The van der Waals surface area contributed by atoms with Gasteiger partial charge in [0.05, 0.1) is 6.61 Å². The number of rotatable bonds is 4. The highest BCUT2D eigenvalue weighted by atomic mass is 19.4. The second-order valence-electron chi connectivity index (χ2n) is 2.92. The Labute approximate surface area is 69.6 Å². The first-order valence-corrected chi connectivity index (χ1v) is 3.84. The minimum Gasteiger partial charge on any atom is -0.394 e. The van der Waals surface area contributed by atoms with Crippen LogP contribution in [0.25, 0.3) is 0 Å². The van der Waals surface area contributed by atoms with Crippen molar-refractivity contribution in [3.8, 4) is 0 Å². The van der Waals surface area contributed by atoms with E-state index in [0.29, 0.717) is 12.8 Å². The van der Waals surface area contributed by atoms with Gasteiger partial charge in [0, 0.05) is 0 Å². The molecule has 0 aromatic heterocycles. The smallest absolute Gasteiger partial charge is 0.394 e. The average molecular weight is 185 g/mol. The lowest BCUT2D eigenvalue weighted by molar-refractivity contribution is -0.197. The van der Waals surface area contributed by atoms with Crippen LogP contribution in [0.15, 0.2) is 0 Å². The number of aliphatic hydroxyl groups is 1. The number of halogens is 3. The van der Waals surface area contributed by atoms with Gasteiger partial charge >= 0.3 is 6.18 Å². The van der Waals surface area contributed by atoms with Crippen molar-refractivity contribution in [2.75, 3.05) is 6.61 Å². The highest BCUT2D eigenvalue weighted by Crippen LogP contribution is 2.31. The molecule has 74 valence electrons. The molecule has 2 nitrogen and oxygen atoms in total. The van der Waals surface area contributed by atoms with Crippen molar-refractivity contribution in [1.29, 1.82) is 0 Å². The van der Waals surface area contributed by atoms with Crippen LogP contribution in [0.3, 0.4) is 0 Å². The van der Waals surface area contributed by atoms with Crippen LogP contribution in [0.5, 0.6) is 0 Å². The highest BCUT2D eigenvalue weighted by molar-refractivity contribution is 4.90. The van der Waals surface area contributed by atoms with Gasteiger partial charge < -0.3 is 10.8 Å². The van der Waals surface area contributed by atoms with Crippen LogP contribution in [0, 0.1) is 0 Å². The maximum Gasteiger partial charge on any atom is 0.408 e. The summed E-state index contributed by atoms with van der Waals surface area (Å²) in [4.78, 5) is 0. The first-order valence-electron chi connectivity index (χ1n) is 3.84. The molecule has 0 heterocycles. The fourth-order valence-electron chi connectivity index (χ4n) is 0.803. The third-order valence-corrected chi connectivity index (χ3v) is 1.82. The van der Waals surface area contributed by atoms with Crippen molar-refractivity contribution in [3.05, 3.63) is 0 Å². The molecule has 0 spiro atoms. The molecule has 0 saturated heterocycles. The minimum atomic E-state index is -4.52. The summed E-state index contributed by atoms with van der Waals surface area (Å²) in [6.07, 6.45) is -3.73. The van der Waals surface area contributed by atoms with E-state index in [1.165, 1.54) is 0 Å². The summed E-state index contributed by atoms with van der Waals surface area (Å²) in [5, 5.41) is 8.50. The van der Waals surface area contributed by atoms with Crippen LogP contribution in [0.4, 0.5) is 13.2 Å². The van der Waals surface area contributed by atoms with Crippen molar-refractivity contribution >= 4 is 0 Å². The molecule has 0 amide bonds. The predicted molar refractivity (Wildman–Crippen MR) is 39.6 cm³/mol. The SMILES string of the molecule is CCCCC(N)(CO)C(F)(F)F. The van der Waals surface area contributed by atoms with Crippen molar-refractivity contribution in [2.45, 2.75) is 37.9 Å². The highest BCUT2D eigenvalue weighted by Gasteiger charge is 2.50. The summed E-state index contributed by atoms with van der Waals surface area (Å²) in [5.41, 5.74) is 2.57. The van der Waals surface area contributed by atoms with Gasteiger partial charge in [0.1, 0.15) is 5.54 Å². The molecule has 0 aromatic rings. The molecule has 0 saturated carbocycles. The van der Waals surface area contributed by atoms with E-state index >= 15 is 0 Å². The Hall–Kier alpha value is -0.290. The number of hydrogen-bond acceptors (Lipinski definition) is 2. The molecule has 0 radical (unpaired) electrons. The zero-order valence-corrected chi connectivity index (χ0v) is 6.99. The lowest BCUT2D eigenvalue weighted by Gasteiger charge is -2.29. The number of aliphatic hydroxyl groups excluding tert-OH is 1. The quantitative estimate of drug-likeness (QED) is 0.696. The van der Waals surface area contributed by atoms with Crippen LogP contribution >= 0.6 is 0 Å². The van der Waals surface area contributed by atoms with E-state index in [0.717, 1.165) is 0 Å². The Morgan fingerprint density at radius 2 is 1.83 bits per heavy atom. The van der Waals surface area contributed by atoms with Crippen LogP contribution in [0.1, 0.15) is 26.2 Å². The molecule has 0 aliphatic rings. The summed E-state index contributed by atoms with van der Waals surface area (Å²) in [5.74, 6) is 0. The standard InChI is InChI=1S/C7H14F3NO/c1-2-3-4-6(11,5-12)7(8,9)10/h12H,2-5,11H2,1H3. The molecule has 3 N–H and O–H groups in total. The number of nitrogens with two attached hydrogens (primary N) is 1. The summed E-state index contributed by atoms with van der Waals surface area (Å²) in [6.45, 7) is 0.727. The van der Waals surface area contributed by atoms with Gasteiger partial charge in [-0.1, -0.05) is 19.8 Å². The minimum absolute atomic E-state index is 0.219. The molecule has 0 fully saturated rings. The summed E-state index contributed by atoms with van der Waals surface area (Å²) < 4.78 is 36.4. The van der Waals surface area contributed by atoms with Crippen molar-refractivity contribution in [1.82, 2.24) is 0 Å². The molecule has 0 bridgehead atoms. The fraction of sp³-hybridized carbons (Fsp3) is 1.00. The molecule has 0 rings (SSSR count). The van der Waals surface area contributed by atoms with E-state index in [9.17, 15) is 13.2 Å². The van der Waals surface area contributed by atoms with Gasteiger partial charge in [-0.25, -0.2) is 0 Å². The lowest BCUT2D eigenvalue weighted by atomic mass is 9.94. The van der Waals surface area contributed by atoms with Gasteiger partial charge in [-0.05, 0) is 6.42 Å². The number of alkyl halides is 3. The Bertz CT molecular complexity index is 137.